The van der Waals surface area contributed by atoms with Crippen LogP contribution in [0.15, 0.2) is 78.1 Å². The molecule has 1 aromatic carbocycles. The van der Waals surface area contributed by atoms with Gasteiger partial charge in [0.1, 0.15) is 5.65 Å². The van der Waals surface area contributed by atoms with E-state index in [1.807, 2.05) is 0 Å². The van der Waals surface area contributed by atoms with Gasteiger partial charge in [-0.25, -0.2) is 15.0 Å². The number of rotatable bonds is 4. The summed E-state index contributed by atoms with van der Waals surface area (Å²) < 4.78 is 17.0. The molecule has 1 N–H and O–H groups in total. The van der Waals surface area contributed by atoms with E-state index in [0.717, 1.165) is 0 Å². The normalized spacial score (nSPS) is 13.2. The third-order valence-corrected chi connectivity index (χ3v) is 6.18. The van der Waals surface area contributed by atoms with Gasteiger partial charge in [0.25, 0.3) is 5.56 Å². The smallest absolute Gasteiger partial charge is 0.252 e. The van der Waals surface area contributed by atoms with Crippen molar-refractivity contribution in [3.05, 3.63) is 111 Å². The van der Waals surface area contributed by atoms with Gasteiger partial charge in [0.05, 0.1) is 23.9 Å². The molecule has 0 bridgehead atoms. The Morgan fingerprint density at radius 1 is 1.03 bits per heavy atom. The van der Waals surface area contributed by atoms with E-state index >= 15 is 0 Å². The van der Waals surface area contributed by atoms with Gasteiger partial charge in [-0.2, -0.15) is 4.39 Å². The standard InChI is InChI=1S/C25H19ClFN5O2/c1-31-14-28-13-21(31)25(34,15-6-8-17(26)9-7-15)16-10-19-18(20-4-3-5-22(27)30-20)11-23(33)32(2)24(19)29-12-16/h3-14,34H,1-2H3/t25-/m1/s1. The number of benzene rings is 1. The minimum Gasteiger partial charge on any atom is -0.374 e. The summed E-state index contributed by atoms with van der Waals surface area (Å²) in [5.74, 6) is -0.664. The maximum absolute atomic E-state index is 13.9. The molecule has 0 aliphatic heterocycles. The topological polar surface area (TPSA) is 85.8 Å². The molecule has 1 atom stereocenters. The monoisotopic (exact) mass is 475 g/mol. The quantitative estimate of drug-likeness (QED) is 0.399. The number of halogens is 2. The number of nitrogens with zero attached hydrogens (tertiary/aromatic N) is 5. The Bertz CT molecular complexity index is 1600. The Hall–Kier alpha value is -3.88. The largest absolute Gasteiger partial charge is 0.374 e. The van der Waals surface area contributed by atoms with Gasteiger partial charge in [-0.3, -0.25) is 9.36 Å². The minimum absolute atomic E-state index is 0.289. The van der Waals surface area contributed by atoms with Crippen LogP contribution in [0.25, 0.3) is 22.3 Å². The molecule has 0 fully saturated rings. The van der Waals surface area contributed by atoms with Crippen LogP contribution < -0.4 is 5.56 Å². The third kappa shape index (κ3) is 3.48. The van der Waals surface area contributed by atoms with Crippen LogP contribution >= 0.6 is 11.6 Å². The number of hydrogen-bond donors (Lipinski definition) is 1. The summed E-state index contributed by atoms with van der Waals surface area (Å²) in [6, 6.07) is 14.4. The van der Waals surface area contributed by atoms with E-state index in [-0.39, 0.29) is 11.3 Å². The first kappa shape index (κ1) is 21.9. The first-order chi connectivity index (χ1) is 16.3. The predicted molar refractivity (Wildman–Crippen MR) is 127 cm³/mol. The van der Waals surface area contributed by atoms with Gasteiger partial charge in [0, 0.05) is 47.9 Å². The summed E-state index contributed by atoms with van der Waals surface area (Å²) in [7, 11) is 3.39. The molecule has 0 unspecified atom stereocenters. The molecule has 5 rings (SSSR count). The summed E-state index contributed by atoms with van der Waals surface area (Å²) >= 11 is 6.09. The van der Waals surface area contributed by atoms with Gasteiger partial charge in [-0.05, 0) is 35.9 Å². The summed E-state index contributed by atoms with van der Waals surface area (Å²) in [6.07, 6.45) is 4.69. The number of imidazole rings is 1. The van der Waals surface area contributed by atoms with E-state index in [1.165, 1.54) is 29.0 Å². The molecule has 170 valence electrons. The highest BCUT2D eigenvalue weighted by molar-refractivity contribution is 6.30. The molecule has 9 heteroatoms. The first-order valence-corrected chi connectivity index (χ1v) is 10.7. The van der Waals surface area contributed by atoms with Crippen molar-refractivity contribution in [1.82, 2.24) is 24.1 Å². The molecular weight excluding hydrogens is 457 g/mol. The van der Waals surface area contributed by atoms with Crippen molar-refractivity contribution in [2.75, 3.05) is 0 Å². The van der Waals surface area contributed by atoms with Crippen molar-refractivity contribution in [1.29, 1.82) is 0 Å². The van der Waals surface area contributed by atoms with E-state index in [1.54, 1.807) is 67.6 Å². The van der Waals surface area contributed by atoms with E-state index in [2.05, 4.69) is 15.0 Å². The third-order valence-electron chi connectivity index (χ3n) is 5.93. The molecule has 0 aliphatic rings. The van der Waals surface area contributed by atoms with Gasteiger partial charge in [0.2, 0.25) is 5.95 Å². The number of pyridine rings is 3. The molecule has 0 aliphatic carbocycles. The van der Waals surface area contributed by atoms with Crippen molar-refractivity contribution in [2.24, 2.45) is 14.1 Å². The number of aromatic nitrogens is 5. The van der Waals surface area contributed by atoms with Gasteiger partial charge >= 0.3 is 0 Å². The predicted octanol–water partition coefficient (Wildman–Crippen LogP) is 3.81. The van der Waals surface area contributed by atoms with E-state index in [0.29, 0.717) is 38.4 Å². The van der Waals surface area contributed by atoms with Crippen LogP contribution in [-0.2, 0) is 19.7 Å². The summed E-state index contributed by atoms with van der Waals surface area (Å²) in [6.45, 7) is 0. The second-order valence-corrected chi connectivity index (χ2v) is 8.44. The minimum atomic E-state index is -1.64. The molecule has 0 amide bonds. The van der Waals surface area contributed by atoms with Crippen LogP contribution in [0.4, 0.5) is 4.39 Å². The first-order valence-electron chi connectivity index (χ1n) is 10.4. The Labute approximate surface area is 198 Å². The zero-order valence-corrected chi connectivity index (χ0v) is 19.0. The lowest BCUT2D eigenvalue weighted by Gasteiger charge is -2.30. The highest BCUT2D eigenvalue weighted by Crippen LogP contribution is 2.38. The summed E-state index contributed by atoms with van der Waals surface area (Å²) in [4.78, 5) is 25.3. The maximum Gasteiger partial charge on any atom is 0.252 e. The van der Waals surface area contributed by atoms with Crippen LogP contribution in [0.3, 0.4) is 0 Å². The fraction of sp³-hybridized carbons (Fsp3) is 0.120. The van der Waals surface area contributed by atoms with Crippen LogP contribution in [0.1, 0.15) is 16.8 Å². The lowest BCUT2D eigenvalue weighted by atomic mass is 9.83. The zero-order valence-electron chi connectivity index (χ0n) is 18.3. The number of hydrogen-bond acceptors (Lipinski definition) is 5. The van der Waals surface area contributed by atoms with Gasteiger partial charge < -0.3 is 9.67 Å². The van der Waals surface area contributed by atoms with Crippen LogP contribution in [0.2, 0.25) is 5.02 Å². The summed E-state index contributed by atoms with van der Waals surface area (Å²) in [5.41, 5.74) is 0.616. The molecule has 0 spiro atoms. The molecule has 0 saturated heterocycles. The lowest BCUT2D eigenvalue weighted by molar-refractivity contribution is 0.117. The van der Waals surface area contributed by atoms with E-state index in [4.69, 9.17) is 11.6 Å². The van der Waals surface area contributed by atoms with E-state index < -0.39 is 11.5 Å². The van der Waals surface area contributed by atoms with Crippen molar-refractivity contribution in [3.63, 3.8) is 0 Å². The molecule has 5 aromatic rings. The van der Waals surface area contributed by atoms with Crippen LogP contribution in [0, 0.1) is 5.95 Å². The number of fused-ring (bicyclic) bond motifs is 1. The Kier molecular flexibility index (Phi) is 5.27. The highest BCUT2D eigenvalue weighted by atomic mass is 35.5. The van der Waals surface area contributed by atoms with Crippen molar-refractivity contribution < 1.29 is 9.50 Å². The molecule has 34 heavy (non-hydrogen) atoms. The molecule has 0 saturated carbocycles. The maximum atomic E-state index is 13.9. The molecule has 0 radical (unpaired) electrons. The van der Waals surface area contributed by atoms with Gasteiger partial charge in [-0.15, -0.1) is 0 Å². The Balaban J connectivity index is 1.84. The van der Waals surface area contributed by atoms with Crippen molar-refractivity contribution in [3.8, 4) is 11.3 Å². The highest BCUT2D eigenvalue weighted by Gasteiger charge is 2.37. The van der Waals surface area contributed by atoms with Crippen LogP contribution in [-0.4, -0.2) is 29.2 Å². The molecule has 4 aromatic heterocycles. The van der Waals surface area contributed by atoms with Crippen molar-refractivity contribution in [2.45, 2.75) is 5.60 Å². The Morgan fingerprint density at radius 2 is 1.79 bits per heavy atom. The van der Waals surface area contributed by atoms with Crippen LogP contribution in [0.5, 0.6) is 0 Å². The second kappa shape index (κ2) is 8.16. The second-order valence-electron chi connectivity index (χ2n) is 8.00. The Morgan fingerprint density at radius 3 is 2.47 bits per heavy atom. The number of aliphatic hydroxyl groups is 1. The number of aryl methyl sites for hydroxylation is 2. The van der Waals surface area contributed by atoms with Gasteiger partial charge in [-0.1, -0.05) is 29.8 Å². The molecule has 7 nitrogen and oxygen atoms in total. The van der Waals surface area contributed by atoms with E-state index in [9.17, 15) is 14.3 Å². The van der Waals surface area contributed by atoms with Crippen molar-refractivity contribution >= 4 is 22.6 Å². The molecular formula is C25H19ClFN5O2. The fourth-order valence-electron chi connectivity index (χ4n) is 4.15. The molecule has 4 heterocycles. The fourth-order valence-corrected chi connectivity index (χ4v) is 4.28. The van der Waals surface area contributed by atoms with Gasteiger partial charge in [0.15, 0.2) is 5.60 Å². The zero-order chi connectivity index (χ0) is 24.0. The lowest BCUT2D eigenvalue weighted by Crippen LogP contribution is -2.31. The average Bonchev–Trinajstić information content (AvgIpc) is 3.27. The summed E-state index contributed by atoms with van der Waals surface area (Å²) in [5, 5.41) is 13.3. The SMILES string of the molecule is Cn1cncc1[C@@](O)(c1ccc(Cl)cc1)c1cnc2c(c1)c(-c1cccc(F)n1)cc(=O)n2C. The average molecular weight is 476 g/mol.